The summed E-state index contributed by atoms with van der Waals surface area (Å²) in [6.45, 7) is 1.85. The van der Waals surface area contributed by atoms with Crippen molar-refractivity contribution < 1.29 is 9.18 Å². The lowest BCUT2D eigenvalue weighted by Gasteiger charge is -2.11. The van der Waals surface area contributed by atoms with E-state index in [4.69, 9.17) is 23.2 Å². The van der Waals surface area contributed by atoms with Crippen molar-refractivity contribution in [1.29, 1.82) is 0 Å². The van der Waals surface area contributed by atoms with Gasteiger partial charge in [-0.05, 0) is 19.1 Å². The van der Waals surface area contributed by atoms with Crippen LogP contribution in [0.1, 0.15) is 18.5 Å². The van der Waals surface area contributed by atoms with Crippen molar-refractivity contribution in [2.24, 2.45) is 0 Å². The molecule has 1 amide bonds. The first kappa shape index (κ1) is 17.4. The molecule has 1 N–H and O–H groups in total. The molecule has 2 heterocycles. The third-order valence-electron chi connectivity index (χ3n) is 3.62. The molecule has 0 spiro atoms. The largest absolute Gasteiger partial charge is 0.307 e. The molecule has 130 valence electrons. The van der Waals surface area contributed by atoms with Crippen LogP contribution in [0.15, 0.2) is 42.9 Å². The zero-order chi connectivity index (χ0) is 18.0. The van der Waals surface area contributed by atoms with Gasteiger partial charge >= 0.3 is 0 Å². The van der Waals surface area contributed by atoms with Crippen LogP contribution in [0.2, 0.25) is 10.0 Å². The zero-order valence-corrected chi connectivity index (χ0v) is 14.7. The summed E-state index contributed by atoms with van der Waals surface area (Å²) in [6, 6.07) is 5.56. The second-order valence-electron chi connectivity index (χ2n) is 5.40. The zero-order valence-electron chi connectivity index (χ0n) is 13.2. The summed E-state index contributed by atoms with van der Waals surface area (Å²) in [4.78, 5) is 12.3. The van der Waals surface area contributed by atoms with Crippen LogP contribution in [0.25, 0.3) is 0 Å². The first-order valence-corrected chi connectivity index (χ1v) is 8.16. The van der Waals surface area contributed by atoms with E-state index in [1.165, 1.54) is 21.6 Å². The number of rotatable bonds is 5. The van der Waals surface area contributed by atoms with Crippen molar-refractivity contribution in [3.63, 3.8) is 0 Å². The average molecular weight is 382 g/mol. The minimum Gasteiger partial charge on any atom is -0.307 e. The Hall–Kier alpha value is -2.38. The summed E-state index contributed by atoms with van der Waals surface area (Å²) in [7, 11) is 0. The number of hydrogen-bond donors (Lipinski definition) is 1. The third-order valence-corrected chi connectivity index (χ3v) is 4.17. The summed E-state index contributed by atoms with van der Waals surface area (Å²) >= 11 is 11.8. The summed E-state index contributed by atoms with van der Waals surface area (Å²) in [5.41, 5.74) is 0.338. The van der Waals surface area contributed by atoms with Gasteiger partial charge in [0.05, 0.1) is 17.8 Å². The molecule has 0 saturated heterocycles. The summed E-state index contributed by atoms with van der Waals surface area (Å²) in [6.07, 6.45) is 4.65. The van der Waals surface area contributed by atoms with Crippen molar-refractivity contribution in [1.82, 2.24) is 19.6 Å². The van der Waals surface area contributed by atoms with Gasteiger partial charge in [-0.2, -0.15) is 10.2 Å². The Kier molecular flexibility index (Phi) is 5.06. The molecule has 1 aromatic carbocycles. The van der Waals surface area contributed by atoms with Gasteiger partial charge in [0.15, 0.2) is 5.82 Å². The van der Waals surface area contributed by atoms with Crippen LogP contribution in [-0.2, 0) is 11.3 Å². The SMILES string of the molecule is CC(C(=O)Nc1ccn(Cc2c(F)cccc2Cl)n1)n1cc(Cl)cn1. The molecular weight excluding hydrogens is 368 g/mol. The van der Waals surface area contributed by atoms with Gasteiger partial charge in [-0.25, -0.2) is 4.39 Å². The number of carbonyl (C=O) groups excluding carboxylic acids is 1. The highest BCUT2D eigenvalue weighted by molar-refractivity contribution is 6.31. The topological polar surface area (TPSA) is 64.7 Å². The standard InChI is InChI=1S/C16H14Cl2FN5O/c1-10(24-8-11(17)7-20-24)16(25)21-15-5-6-23(22-15)9-12-13(18)3-2-4-14(12)19/h2-8,10H,9H2,1H3,(H,21,22,25). The lowest BCUT2D eigenvalue weighted by Crippen LogP contribution is -2.24. The summed E-state index contributed by atoms with van der Waals surface area (Å²) in [5.74, 6) is -0.353. The normalized spacial score (nSPS) is 12.2. The maximum absolute atomic E-state index is 13.8. The minimum absolute atomic E-state index is 0.158. The number of benzene rings is 1. The number of nitrogens with zero attached hydrogens (tertiary/aromatic N) is 4. The fraction of sp³-hybridized carbons (Fsp3) is 0.188. The quantitative estimate of drug-likeness (QED) is 0.731. The number of carbonyl (C=O) groups is 1. The van der Waals surface area contributed by atoms with E-state index in [1.807, 2.05) is 0 Å². The fourth-order valence-corrected chi connectivity index (χ4v) is 2.61. The van der Waals surface area contributed by atoms with Crippen LogP contribution in [0.3, 0.4) is 0 Å². The van der Waals surface area contributed by atoms with E-state index < -0.39 is 11.9 Å². The molecule has 1 atom stereocenters. The van der Waals surface area contributed by atoms with E-state index in [0.29, 0.717) is 21.4 Å². The second-order valence-corrected chi connectivity index (χ2v) is 6.25. The van der Waals surface area contributed by atoms with Gasteiger partial charge in [0, 0.05) is 29.0 Å². The molecule has 0 saturated carbocycles. The fourth-order valence-electron chi connectivity index (χ4n) is 2.24. The predicted molar refractivity (Wildman–Crippen MR) is 93.3 cm³/mol. The van der Waals surface area contributed by atoms with Crippen LogP contribution in [0.5, 0.6) is 0 Å². The maximum atomic E-state index is 13.8. The Bertz CT molecular complexity index is 887. The van der Waals surface area contributed by atoms with Gasteiger partial charge in [0.2, 0.25) is 5.91 Å². The maximum Gasteiger partial charge on any atom is 0.250 e. The van der Waals surface area contributed by atoms with Gasteiger partial charge in [0.1, 0.15) is 11.9 Å². The van der Waals surface area contributed by atoms with Gasteiger partial charge in [-0.15, -0.1) is 0 Å². The molecule has 0 aliphatic rings. The number of anilines is 1. The van der Waals surface area contributed by atoms with Crippen molar-refractivity contribution in [3.05, 3.63) is 64.3 Å². The molecule has 3 rings (SSSR count). The molecule has 0 radical (unpaired) electrons. The van der Waals surface area contributed by atoms with Crippen LogP contribution in [-0.4, -0.2) is 25.5 Å². The van der Waals surface area contributed by atoms with Gasteiger partial charge in [-0.3, -0.25) is 14.2 Å². The molecule has 2 aromatic heterocycles. The second kappa shape index (κ2) is 7.25. The summed E-state index contributed by atoms with van der Waals surface area (Å²) in [5, 5.41) is 11.7. The molecule has 3 aromatic rings. The van der Waals surface area contributed by atoms with Crippen molar-refractivity contribution >= 4 is 34.9 Å². The highest BCUT2D eigenvalue weighted by Crippen LogP contribution is 2.20. The van der Waals surface area contributed by atoms with E-state index >= 15 is 0 Å². The van der Waals surface area contributed by atoms with Crippen molar-refractivity contribution in [2.45, 2.75) is 19.5 Å². The van der Waals surface area contributed by atoms with Crippen LogP contribution in [0.4, 0.5) is 10.2 Å². The molecule has 0 bridgehead atoms. The van der Waals surface area contributed by atoms with E-state index in [9.17, 15) is 9.18 Å². The molecule has 9 heteroatoms. The average Bonchev–Trinajstić information content (AvgIpc) is 3.19. The van der Waals surface area contributed by atoms with Gasteiger partial charge in [0.25, 0.3) is 0 Å². The monoisotopic (exact) mass is 381 g/mol. The first-order chi connectivity index (χ1) is 11.9. The molecular formula is C16H14Cl2FN5O. The number of amides is 1. The van der Waals surface area contributed by atoms with E-state index in [0.717, 1.165) is 0 Å². The highest BCUT2D eigenvalue weighted by Gasteiger charge is 2.17. The third kappa shape index (κ3) is 4.00. The number of halogens is 3. The van der Waals surface area contributed by atoms with Crippen molar-refractivity contribution in [2.75, 3.05) is 5.32 Å². The smallest absolute Gasteiger partial charge is 0.250 e. The molecule has 0 fully saturated rings. The van der Waals surface area contributed by atoms with Crippen LogP contribution >= 0.6 is 23.2 Å². The van der Waals surface area contributed by atoms with Crippen LogP contribution in [0, 0.1) is 5.82 Å². The predicted octanol–water partition coefficient (Wildman–Crippen LogP) is 3.77. The highest BCUT2D eigenvalue weighted by atomic mass is 35.5. The van der Waals surface area contributed by atoms with Crippen LogP contribution < -0.4 is 5.32 Å². The molecule has 6 nitrogen and oxygen atoms in total. The molecule has 0 aliphatic heterocycles. The van der Waals surface area contributed by atoms with Gasteiger partial charge < -0.3 is 5.32 Å². The van der Waals surface area contributed by atoms with E-state index in [2.05, 4.69) is 15.5 Å². The first-order valence-electron chi connectivity index (χ1n) is 7.41. The van der Waals surface area contributed by atoms with Crippen molar-refractivity contribution in [3.8, 4) is 0 Å². The lowest BCUT2D eigenvalue weighted by atomic mass is 10.2. The Morgan fingerprint density at radius 1 is 1.36 bits per heavy atom. The number of nitrogens with one attached hydrogen (secondary N) is 1. The van der Waals surface area contributed by atoms with E-state index in [-0.39, 0.29) is 12.5 Å². The molecule has 1 unspecified atom stereocenters. The summed E-state index contributed by atoms with van der Waals surface area (Å²) < 4.78 is 16.8. The Morgan fingerprint density at radius 2 is 2.16 bits per heavy atom. The number of aromatic nitrogens is 4. The molecule has 0 aliphatic carbocycles. The minimum atomic E-state index is -0.557. The van der Waals surface area contributed by atoms with E-state index in [1.54, 1.807) is 37.5 Å². The Morgan fingerprint density at radius 3 is 2.84 bits per heavy atom. The lowest BCUT2D eigenvalue weighted by molar-refractivity contribution is -0.119. The molecule has 25 heavy (non-hydrogen) atoms. The Labute approximate surface area is 153 Å². The van der Waals surface area contributed by atoms with Gasteiger partial charge in [-0.1, -0.05) is 29.3 Å². The number of hydrogen-bond acceptors (Lipinski definition) is 3. The Balaban J connectivity index is 1.68.